The van der Waals surface area contributed by atoms with Crippen molar-refractivity contribution in [3.05, 3.63) is 22.4 Å². The highest BCUT2D eigenvalue weighted by atomic mass is 32.1. The summed E-state index contributed by atoms with van der Waals surface area (Å²) in [6.07, 6.45) is 7.92. The second kappa shape index (κ2) is 5.09. The lowest BCUT2D eigenvalue weighted by atomic mass is 9.90. The van der Waals surface area contributed by atoms with E-state index in [-0.39, 0.29) is 0 Å². The van der Waals surface area contributed by atoms with E-state index in [1.54, 1.807) is 0 Å². The first-order valence-corrected chi connectivity index (χ1v) is 7.74. The van der Waals surface area contributed by atoms with Gasteiger partial charge in [0.15, 0.2) is 0 Å². The molecule has 2 saturated carbocycles. The normalized spacial score (nSPS) is 29.8. The fraction of sp³-hybridized carbons (Fsp3) is 0.714. The molecule has 2 aliphatic carbocycles. The molecule has 2 aliphatic rings. The maximum atomic E-state index is 6.13. The molecule has 2 unspecified atom stereocenters. The van der Waals surface area contributed by atoms with Crippen LogP contribution in [0.2, 0.25) is 0 Å². The summed E-state index contributed by atoms with van der Waals surface area (Å²) in [6, 6.07) is 6.47. The molecule has 0 aromatic carbocycles. The summed E-state index contributed by atoms with van der Waals surface area (Å²) in [4.78, 5) is 4.25. The van der Waals surface area contributed by atoms with Gasteiger partial charge < -0.3 is 5.73 Å². The van der Waals surface area contributed by atoms with Gasteiger partial charge in [0.05, 0.1) is 0 Å². The molecule has 0 radical (unpaired) electrons. The Morgan fingerprint density at radius 2 is 2.12 bits per heavy atom. The third kappa shape index (κ3) is 2.90. The zero-order valence-corrected chi connectivity index (χ0v) is 11.2. The predicted molar refractivity (Wildman–Crippen MR) is 73.1 cm³/mol. The summed E-state index contributed by atoms with van der Waals surface area (Å²) in [5.41, 5.74) is 6.13. The van der Waals surface area contributed by atoms with Crippen molar-refractivity contribution in [3.63, 3.8) is 0 Å². The SMILES string of the molecule is NC1CCCC(N(Cc2cccs2)C2CC2)C1. The smallest absolute Gasteiger partial charge is 0.0333 e. The molecule has 2 N–H and O–H groups in total. The Kier molecular flexibility index (Phi) is 3.50. The van der Waals surface area contributed by atoms with Crippen molar-refractivity contribution < 1.29 is 0 Å². The minimum atomic E-state index is 0.443. The molecule has 0 bridgehead atoms. The van der Waals surface area contributed by atoms with Gasteiger partial charge in [-0.25, -0.2) is 0 Å². The van der Waals surface area contributed by atoms with Crippen LogP contribution in [-0.2, 0) is 6.54 Å². The second-order valence-corrected chi connectivity index (χ2v) is 6.60. The van der Waals surface area contributed by atoms with Crippen LogP contribution < -0.4 is 5.73 Å². The summed E-state index contributed by atoms with van der Waals surface area (Å²) in [6.45, 7) is 1.15. The van der Waals surface area contributed by atoms with Crippen molar-refractivity contribution in [1.29, 1.82) is 0 Å². The van der Waals surface area contributed by atoms with Crippen LogP contribution in [0, 0.1) is 0 Å². The van der Waals surface area contributed by atoms with Crippen molar-refractivity contribution in [2.75, 3.05) is 0 Å². The molecule has 0 spiro atoms. The van der Waals surface area contributed by atoms with E-state index in [9.17, 15) is 0 Å². The zero-order chi connectivity index (χ0) is 11.7. The Bertz CT molecular complexity index is 345. The van der Waals surface area contributed by atoms with Gasteiger partial charge in [0.2, 0.25) is 0 Å². The summed E-state index contributed by atoms with van der Waals surface area (Å²) in [5, 5.41) is 2.19. The molecule has 3 rings (SSSR count). The lowest BCUT2D eigenvalue weighted by molar-refractivity contribution is 0.132. The molecule has 2 atom stereocenters. The number of thiophene rings is 1. The quantitative estimate of drug-likeness (QED) is 0.890. The molecule has 0 saturated heterocycles. The van der Waals surface area contributed by atoms with E-state index in [0.29, 0.717) is 6.04 Å². The third-order valence-electron chi connectivity index (χ3n) is 4.09. The Labute approximate surface area is 108 Å². The first-order chi connectivity index (χ1) is 8.33. The molecule has 0 aliphatic heterocycles. The molecule has 1 heterocycles. The van der Waals surface area contributed by atoms with E-state index in [0.717, 1.165) is 18.6 Å². The van der Waals surface area contributed by atoms with E-state index in [4.69, 9.17) is 5.73 Å². The fourth-order valence-corrected chi connectivity index (χ4v) is 3.76. The van der Waals surface area contributed by atoms with Crippen LogP contribution in [0.15, 0.2) is 17.5 Å². The van der Waals surface area contributed by atoms with Crippen LogP contribution in [0.4, 0.5) is 0 Å². The van der Waals surface area contributed by atoms with Crippen molar-refractivity contribution in [3.8, 4) is 0 Å². The lowest BCUT2D eigenvalue weighted by Crippen LogP contribution is -2.43. The summed E-state index contributed by atoms with van der Waals surface area (Å²) < 4.78 is 0. The van der Waals surface area contributed by atoms with Crippen LogP contribution in [0.25, 0.3) is 0 Å². The molecular weight excluding hydrogens is 228 g/mol. The van der Waals surface area contributed by atoms with E-state index in [1.807, 2.05) is 11.3 Å². The van der Waals surface area contributed by atoms with E-state index < -0.39 is 0 Å². The van der Waals surface area contributed by atoms with Crippen molar-refractivity contribution in [2.45, 2.75) is 63.2 Å². The van der Waals surface area contributed by atoms with Crippen LogP contribution in [0.5, 0.6) is 0 Å². The summed E-state index contributed by atoms with van der Waals surface area (Å²) in [7, 11) is 0. The van der Waals surface area contributed by atoms with Crippen LogP contribution in [0.1, 0.15) is 43.4 Å². The number of rotatable bonds is 4. The van der Waals surface area contributed by atoms with Crippen molar-refractivity contribution in [1.82, 2.24) is 4.90 Å². The van der Waals surface area contributed by atoms with E-state index in [1.165, 1.54) is 43.4 Å². The van der Waals surface area contributed by atoms with E-state index >= 15 is 0 Å². The molecule has 2 nitrogen and oxygen atoms in total. The molecule has 1 aromatic heterocycles. The number of nitrogens with zero attached hydrogens (tertiary/aromatic N) is 1. The van der Waals surface area contributed by atoms with Crippen LogP contribution >= 0.6 is 11.3 Å². The maximum Gasteiger partial charge on any atom is 0.0333 e. The van der Waals surface area contributed by atoms with Crippen LogP contribution in [0.3, 0.4) is 0 Å². The molecule has 17 heavy (non-hydrogen) atoms. The summed E-state index contributed by atoms with van der Waals surface area (Å²) >= 11 is 1.89. The Hall–Kier alpha value is -0.380. The van der Waals surface area contributed by atoms with Crippen molar-refractivity contribution in [2.24, 2.45) is 5.73 Å². The molecule has 94 valence electrons. The van der Waals surface area contributed by atoms with Gasteiger partial charge in [0.1, 0.15) is 0 Å². The largest absolute Gasteiger partial charge is 0.328 e. The molecule has 1 aromatic rings. The minimum absolute atomic E-state index is 0.443. The highest BCUT2D eigenvalue weighted by Gasteiger charge is 2.35. The molecular formula is C14H22N2S. The van der Waals surface area contributed by atoms with Crippen LogP contribution in [-0.4, -0.2) is 23.0 Å². The third-order valence-corrected chi connectivity index (χ3v) is 4.95. The highest BCUT2D eigenvalue weighted by molar-refractivity contribution is 7.09. The first kappa shape index (κ1) is 11.7. The maximum absolute atomic E-state index is 6.13. The number of nitrogens with two attached hydrogens (primary N) is 1. The van der Waals surface area contributed by atoms with Gasteiger partial charge in [-0.15, -0.1) is 11.3 Å². The van der Waals surface area contributed by atoms with Gasteiger partial charge in [0, 0.05) is 29.5 Å². The van der Waals surface area contributed by atoms with Gasteiger partial charge in [-0.1, -0.05) is 12.5 Å². The topological polar surface area (TPSA) is 29.3 Å². The van der Waals surface area contributed by atoms with E-state index in [2.05, 4.69) is 22.4 Å². The average molecular weight is 250 g/mol. The monoisotopic (exact) mass is 250 g/mol. The lowest BCUT2D eigenvalue weighted by Gasteiger charge is -2.36. The highest BCUT2D eigenvalue weighted by Crippen LogP contribution is 2.35. The number of hydrogen-bond acceptors (Lipinski definition) is 3. The molecule has 3 heteroatoms. The average Bonchev–Trinajstić information content (AvgIpc) is 3.03. The first-order valence-electron chi connectivity index (χ1n) is 6.86. The van der Waals surface area contributed by atoms with Gasteiger partial charge >= 0.3 is 0 Å². The zero-order valence-electron chi connectivity index (χ0n) is 10.3. The number of hydrogen-bond donors (Lipinski definition) is 1. The van der Waals surface area contributed by atoms with Gasteiger partial charge in [-0.2, -0.15) is 0 Å². The van der Waals surface area contributed by atoms with Gasteiger partial charge in [-0.05, 0) is 43.6 Å². The van der Waals surface area contributed by atoms with Gasteiger partial charge in [-0.3, -0.25) is 4.90 Å². The Morgan fingerprint density at radius 1 is 1.24 bits per heavy atom. The van der Waals surface area contributed by atoms with Crippen molar-refractivity contribution >= 4 is 11.3 Å². The minimum Gasteiger partial charge on any atom is -0.328 e. The standard InChI is InChI=1S/C14H22N2S/c15-11-3-1-4-13(9-11)16(12-6-7-12)10-14-5-2-8-17-14/h2,5,8,11-13H,1,3-4,6-7,9-10,15H2. The summed E-state index contributed by atoms with van der Waals surface area (Å²) in [5.74, 6) is 0. The van der Waals surface area contributed by atoms with Gasteiger partial charge in [0.25, 0.3) is 0 Å². The molecule has 0 amide bonds. The predicted octanol–water partition coefficient (Wildman–Crippen LogP) is 2.98. The molecule has 2 fully saturated rings. The Balaban J connectivity index is 1.66. The second-order valence-electron chi connectivity index (χ2n) is 5.56. The Morgan fingerprint density at radius 3 is 2.76 bits per heavy atom. The fourth-order valence-electron chi connectivity index (χ4n) is 3.05.